The first-order chi connectivity index (χ1) is 9.70. The van der Waals surface area contributed by atoms with E-state index >= 15 is 0 Å². The molecule has 2 unspecified atom stereocenters. The molecule has 0 saturated carbocycles. The van der Waals surface area contributed by atoms with Gasteiger partial charge < -0.3 is 15.5 Å². The van der Waals surface area contributed by atoms with Crippen LogP contribution in [0.3, 0.4) is 0 Å². The number of para-hydroxylation sites is 1. The van der Waals surface area contributed by atoms with Crippen molar-refractivity contribution in [2.24, 2.45) is 0 Å². The summed E-state index contributed by atoms with van der Waals surface area (Å²) in [4.78, 5) is 26.2. The number of likely N-dealkylation sites (tertiary alicyclic amines) is 1. The molecule has 1 fully saturated rings. The lowest BCUT2D eigenvalue weighted by molar-refractivity contribution is -0.138. The van der Waals surface area contributed by atoms with Crippen LogP contribution < -0.4 is 10.6 Å². The number of rotatable bonds is 2. The van der Waals surface area contributed by atoms with Gasteiger partial charge in [-0.25, -0.2) is 0 Å². The highest BCUT2D eigenvalue weighted by Crippen LogP contribution is 2.28. The van der Waals surface area contributed by atoms with Crippen molar-refractivity contribution in [3.63, 3.8) is 0 Å². The maximum Gasteiger partial charge on any atom is 0.246 e. The molecule has 106 valence electrons. The van der Waals surface area contributed by atoms with Crippen molar-refractivity contribution in [2.75, 3.05) is 18.9 Å². The summed E-state index contributed by atoms with van der Waals surface area (Å²) in [6.07, 6.45) is 2.35. The summed E-state index contributed by atoms with van der Waals surface area (Å²) in [5, 5.41) is 5.91. The van der Waals surface area contributed by atoms with E-state index in [1.165, 1.54) is 5.56 Å². The molecule has 2 N–H and O–H groups in total. The molecule has 0 bridgehead atoms. The van der Waals surface area contributed by atoms with Crippen molar-refractivity contribution in [1.29, 1.82) is 0 Å². The Morgan fingerprint density at radius 1 is 1.35 bits per heavy atom. The predicted molar refractivity (Wildman–Crippen MR) is 76.4 cm³/mol. The van der Waals surface area contributed by atoms with Crippen LogP contribution in [-0.2, 0) is 16.0 Å². The van der Waals surface area contributed by atoms with Gasteiger partial charge in [0.25, 0.3) is 0 Å². The number of nitrogens with one attached hydrogen (secondary N) is 2. The number of hydrogen-bond acceptors (Lipinski definition) is 3. The molecule has 1 saturated heterocycles. The molecule has 2 atom stereocenters. The zero-order valence-corrected chi connectivity index (χ0v) is 11.6. The highest BCUT2D eigenvalue weighted by molar-refractivity contribution is 5.92. The molecular formula is C15H19N3O2. The normalized spacial score (nSPS) is 24.1. The molecule has 0 spiro atoms. The highest BCUT2D eigenvalue weighted by atomic mass is 16.2. The third-order valence-corrected chi connectivity index (χ3v) is 4.15. The van der Waals surface area contributed by atoms with Crippen LogP contribution in [0.1, 0.15) is 18.4 Å². The van der Waals surface area contributed by atoms with Gasteiger partial charge in [0.1, 0.15) is 12.1 Å². The zero-order chi connectivity index (χ0) is 14.1. The number of carbonyl (C=O) groups is 2. The Morgan fingerprint density at radius 3 is 2.90 bits per heavy atom. The van der Waals surface area contributed by atoms with E-state index in [1.807, 2.05) is 24.3 Å². The van der Waals surface area contributed by atoms with Gasteiger partial charge in [0.2, 0.25) is 11.8 Å². The quantitative estimate of drug-likeness (QED) is 0.836. The zero-order valence-electron chi connectivity index (χ0n) is 11.6. The molecular weight excluding hydrogens is 254 g/mol. The molecule has 2 amide bonds. The summed E-state index contributed by atoms with van der Waals surface area (Å²) in [5.74, 6) is -0.0290. The number of nitrogens with zero attached hydrogens (tertiary/aromatic N) is 1. The molecule has 2 heterocycles. The van der Waals surface area contributed by atoms with Crippen molar-refractivity contribution in [3.05, 3.63) is 29.8 Å². The molecule has 5 heteroatoms. The summed E-state index contributed by atoms with van der Waals surface area (Å²) >= 11 is 0. The average molecular weight is 273 g/mol. The predicted octanol–water partition coefficient (Wildman–Crippen LogP) is 0.760. The van der Waals surface area contributed by atoms with E-state index < -0.39 is 0 Å². The summed E-state index contributed by atoms with van der Waals surface area (Å²) in [6.45, 7) is 0.672. The molecule has 2 aliphatic heterocycles. The van der Waals surface area contributed by atoms with Gasteiger partial charge in [0.15, 0.2) is 0 Å². The summed E-state index contributed by atoms with van der Waals surface area (Å²) < 4.78 is 0. The second kappa shape index (κ2) is 5.15. The van der Waals surface area contributed by atoms with Crippen LogP contribution in [0.4, 0.5) is 5.69 Å². The van der Waals surface area contributed by atoms with Crippen molar-refractivity contribution in [2.45, 2.75) is 31.3 Å². The van der Waals surface area contributed by atoms with Crippen LogP contribution >= 0.6 is 0 Å². The Kier molecular flexibility index (Phi) is 3.34. The second-order valence-electron chi connectivity index (χ2n) is 5.36. The van der Waals surface area contributed by atoms with E-state index in [1.54, 1.807) is 11.9 Å². The first-order valence-electron chi connectivity index (χ1n) is 7.07. The van der Waals surface area contributed by atoms with Crippen molar-refractivity contribution in [1.82, 2.24) is 10.2 Å². The molecule has 5 nitrogen and oxygen atoms in total. The van der Waals surface area contributed by atoms with Crippen LogP contribution in [0.5, 0.6) is 0 Å². The molecule has 0 radical (unpaired) electrons. The van der Waals surface area contributed by atoms with Gasteiger partial charge >= 0.3 is 0 Å². The first kappa shape index (κ1) is 13.0. The minimum absolute atomic E-state index is 0.0345. The fourth-order valence-electron chi connectivity index (χ4n) is 3.12. The van der Waals surface area contributed by atoms with Crippen LogP contribution in [0.25, 0.3) is 0 Å². The second-order valence-corrected chi connectivity index (χ2v) is 5.36. The van der Waals surface area contributed by atoms with Gasteiger partial charge in [0.05, 0.1) is 0 Å². The van der Waals surface area contributed by atoms with E-state index in [0.29, 0.717) is 13.0 Å². The van der Waals surface area contributed by atoms with Gasteiger partial charge in [-0.1, -0.05) is 18.2 Å². The number of carbonyl (C=O) groups excluding carboxylic acids is 2. The number of likely N-dealkylation sites (N-methyl/N-ethyl adjacent to an activating group) is 1. The number of benzene rings is 1. The van der Waals surface area contributed by atoms with Gasteiger partial charge in [-0.15, -0.1) is 0 Å². The van der Waals surface area contributed by atoms with E-state index in [-0.39, 0.29) is 23.9 Å². The average Bonchev–Trinajstić information content (AvgIpc) is 3.11. The number of fused-ring (bicyclic) bond motifs is 1. The molecule has 1 aromatic rings. The van der Waals surface area contributed by atoms with Crippen molar-refractivity contribution < 1.29 is 9.59 Å². The van der Waals surface area contributed by atoms with Crippen LogP contribution in [0, 0.1) is 0 Å². The number of anilines is 1. The first-order valence-corrected chi connectivity index (χ1v) is 7.07. The van der Waals surface area contributed by atoms with Crippen LogP contribution in [0.15, 0.2) is 24.3 Å². The monoisotopic (exact) mass is 273 g/mol. The number of amides is 2. The Bertz CT molecular complexity index is 519. The lowest BCUT2D eigenvalue weighted by Gasteiger charge is -2.26. The van der Waals surface area contributed by atoms with E-state index in [0.717, 1.165) is 18.5 Å². The number of hydrogen-bond donors (Lipinski definition) is 2. The Balaban J connectivity index is 1.73. The van der Waals surface area contributed by atoms with E-state index in [9.17, 15) is 9.59 Å². The highest BCUT2D eigenvalue weighted by Gasteiger charge is 2.38. The lowest BCUT2D eigenvalue weighted by atomic mass is 10.1. The topological polar surface area (TPSA) is 61.4 Å². The van der Waals surface area contributed by atoms with Gasteiger partial charge in [-0.3, -0.25) is 9.59 Å². The van der Waals surface area contributed by atoms with Gasteiger partial charge in [-0.2, -0.15) is 0 Å². The third-order valence-electron chi connectivity index (χ3n) is 4.15. The maximum atomic E-state index is 12.6. The Labute approximate surface area is 118 Å². The molecule has 2 aliphatic rings. The van der Waals surface area contributed by atoms with Gasteiger partial charge in [-0.05, 0) is 24.5 Å². The molecule has 0 aromatic heterocycles. The summed E-state index contributed by atoms with van der Waals surface area (Å²) in [7, 11) is 1.62. The van der Waals surface area contributed by atoms with Crippen molar-refractivity contribution >= 4 is 17.5 Å². The fourth-order valence-corrected chi connectivity index (χ4v) is 3.12. The van der Waals surface area contributed by atoms with Gasteiger partial charge in [0, 0.05) is 25.7 Å². The van der Waals surface area contributed by atoms with E-state index in [4.69, 9.17) is 0 Å². The fraction of sp³-hybridized carbons (Fsp3) is 0.467. The molecule has 1 aromatic carbocycles. The SMILES string of the molecule is CNC(=O)C1CCCN1C(=O)C1Cc2ccccc2N1. The Hall–Kier alpha value is -2.04. The Morgan fingerprint density at radius 2 is 2.15 bits per heavy atom. The molecule has 20 heavy (non-hydrogen) atoms. The summed E-state index contributed by atoms with van der Waals surface area (Å²) in [5.41, 5.74) is 2.20. The molecule has 0 aliphatic carbocycles. The third kappa shape index (κ3) is 2.13. The van der Waals surface area contributed by atoms with Crippen LogP contribution in [0.2, 0.25) is 0 Å². The van der Waals surface area contributed by atoms with E-state index in [2.05, 4.69) is 10.6 Å². The minimum Gasteiger partial charge on any atom is -0.373 e. The summed E-state index contributed by atoms with van der Waals surface area (Å²) in [6, 6.07) is 7.42. The largest absolute Gasteiger partial charge is 0.373 e. The smallest absolute Gasteiger partial charge is 0.246 e. The van der Waals surface area contributed by atoms with Crippen LogP contribution in [-0.4, -0.2) is 42.4 Å². The lowest BCUT2D eigenvalue weighted by Crippen LogP contribution is -2.49. The standard InChI is InChI=1S/C15H19N3O2/c1-16-14(19)13-7-4-8-18(13)15(20)12-9-10-5-2-3-6-11(10)17-12/h2-3,5-6,12-13,17H,4,7-9H2,1H3,(H,16,19). The van der Waals surface area contributed by atoms with Crippen molar-refractivity contribution in [3.8, 4) is 0 Å². The maximum absolute atomic E-state index is 12.6. The minimum atomic E-state index is -0.307. The molecule has 3 rings (SSSR count).